The Hall–Kier alpha value is -3.22. The minimum Gasteiger partial charge on any atom is -0.460 e. The minimum atomic E-state index is -1.32. The molecular weight excluding hydrogens is 668 g/mol. The molecule has 12 heteroatoms. The molecule has 0 aromatic heterocycles. The molecule has 2 N–H and O–H groups in total. The van der Waals surface area contributed by atoms with E-state index in [-0.39, 0.29) is 42.8 Å². The molecule has 47 heavy (non-hydrogen) atoms. The van der Waals surface area contributed by atoms with Crippen molar-refractivity contribution in [1.29, 1.82) is 0 Å². The number of hydrogen-bond acceptors (Lipinski definition) is 8. The molecule has 11 nitrogen and oxygen atoms in total. The third kappa shape index (κ3) is 7.00. The molecule has 4 rings (SSSR count). The van der Waals surface area contributed by atoms with Gasteiger partial charge in [0.05, 0.1) is 37.1 Å². The lowest BCUT2D eigenvalue weighted by Crippen LogP contribution is -2.59. The molecule has 1 unspecified atom stereocenters. The zero-order valence-corrected chi connectivity index (χ0v) is 29.5. The summed E-state index contributed by atoms with van der Waals surface area (Å²) in [6, 6.07) is 5.94. The van der Waals surface area contributed by atoms with Crippen molar-refractivity contribution in [2.45, 2.75) is 88.1 Å². The topological polar surface area (TPSA) is 129 Å². The highest BCUT2D eigenvalue weighted by molar-refractivity contribution is 9.09. The van der Waals surface area contributed by atoms with Gasteiger partial charge in [0.15, 0.2) is 0 Å². The van der Waals surface area contributed by atoms with Gasteiger partial charge in [0.2, 0.25) is 11.8 Å². The number of benzene rings is 1. The van der Waals surface area contributed by atoms with Gasteiger partial charge in [0, 0.05) is 42.3 Å². The number of fused-ring (bicyclic) bond motifs is 1. The Bertz CT molecular complexity index is 1320. The van der Waals surface area contributed by atoms with Gasteiger partial charge in [0.25, 0.3) is 5.91 Å². The zero-order valence-electron chi connectivity index (χ0n) is 27.9. The Labute approximate surface area is 286 Å². The number of alkyl halides is 1. The van der Waals surface area contributed by atoms with Gasteiger partial charge in [-0.2, -0.15) is 0 Å². The maximum absolute atomic E-state index is 14.8. The van der Waals surface area contributed by atoms with Gasteiger partial charge in [-0.3, -0.25) is 19.2 Å². The van der Waals surface area contributed by atoms with Gasteiger partial charge < -0.3 is 34.6 Å². The predicted octanol–water partition coefficient (Wildman–Crippen LogP) is 3.58. The Kier molecular flexibility index (Phi) is 12.3. The maximum atomic E-state index is 14.8. The number of rotatable bonds is 17. The first-order valence-electron chi connectivity index (χ1n) is 16.6. The zero-order chi connectivity index (χ0) is 34.5. The normalized spacial score (nSPS) is 27.1. The lowest BCUT2D eigenvalue weighted by atomic mass is 9.70. The number of aliphatic hydroxyl groups is 1. The van der Waals surface area contributed by atoms with Crippen LogP contribution in [0, 0.1) is 11.8 Å². The number of esters is 1. The van der Waals surface area contributed by atoms with Crippen LogP contribution in [0.2, 0.25) is 0 Å². The highest BCUT2D eigenvalue weighted by Gasteiger charge is 2.77. The number of aliphatic hydroxyl groups excluding tert-OH is 1. The number of nitrogens with zero attached hydrogens (tertiary/aromatic N) is 3. The molecule has 3 aliphatic heterocycles. The second kappa shape index (κ2) is 15.8. The van der Waals surface area contributed by atoms with Gasteiger partial charge >= 0.3 is 5.97 Å². The van der Waals surface area contributed by atoms with Crippen molar-refractivity contribution in [2.75, 3.05) is 42.6 Å². The summed E-state index contributed by atoms with van der Waals surface area (Å²) in [5.74, 6) is -3.53. The van der Waals surface area contributed by atoms with Crippen LogP contribution in [0.25, 0.3) is 0 Å². The van der Waals surface area contributed by atoms with Crippen molar-refractivity contribution in [3.05, 3.63) is 49.6 Å². The SMILES string of the molecule is C=CCCC(=O)NC[C@@H](C)OC(=O)[C@H]1[C@@H]2O[C@@]3(CC2Br)[C@@H]1C(=O)N([C@@H](CC)CO)[C@@H]3C(=O)N(CC=C)c1ccc(N(CC)CC)cc1. The average molecular weight is 718 g/mol. The number of anilines is 2. The summed E-state index contributed by atoms with van der Waals surface area (Å²) in [7, 11) is 0. The predicted molar refractivity (Wildman–Crippen MR) is 184 cm³/mol. The Morgan fingerprint density at radius 3 is 2.40 bits per heavy atom. The van der Waals surface area contributed by atoms with E-state index in [4.69, 9.17) is 9.47 Å². The molecule has 3 fully saturated rings. The Morgan fingerprint density at radius 2 is 1.83 bits per heavy atom. The van der Waals surface area contributed by atoms with Crippen LogP contribution in [0.15, 0.2) is 49.6 Å². The monoisotopic (exact) mass is 716 g/mol. The van der Waals surface area contributed by atoms with E-state index in [1.54, 1.807) is 24.0 Å². The van der Waals surface area contributed by atoms with Gasteiger partial charge in [0.1, 0.15) is 17.7 Å². The molecule has 1 spiro atoms. The molecule has 0 radical (unpaired) electrons. The van der Waals surface area contributed by atoms with E-state index >= 15 is 0 Å². The molecule has 258 valence electrons. The van der Waals surface area contributed by atoms with Crippen LogP contribution in [0.4, 0.5) is 11.4 Å². The molecule has 0 aliphatic carbocycles. The molecule has 3 amide bonds. The second-order valence-corrected chi connectivity index (χ2v) is 13.6. The number of carbonyl (C=O) groups excluding carboxylic acids is 4. The van der Waals surface area contributed by atoms with E-state index in [0.717, 1.165) is 18.8 Å². The van der Waals surface area contributed by atoms with E-state index < -0.39 is 53.6 Å². The van der Waals surface area contributed by atoms with E-state index in [1.165, 1.54) is 4.90 Å². The first-order chi connectivity index (χ1) is 22.5. The van der Waals surface area contributed by atoms with Crippen molar-refractivity contribution < 1.29 is 33.8 Å². The molecule has 2 bridgehead atoms. The Morgan fingerprint density at radius 1 is 1.17 bits per heavy atom. The van der Waals surface area contributed by atoms with Crippen LogP contribution in [0.3, 0.4) is 0 Å². The van der Waals surface area contributed by atoms with Crippen molar-refractivity contribution >= 4 is 51.0 Å². The van der Waals surface area contributed by atoms with E-state index in [1.807, 2.05) is 31.2 Å². The number of halogens is 1. The standard InChI is InChI=1S/C35H49BrN4O7/c1-7-12-13-27(42)37-20-22(6)46-34(45)28-29-32(43)40(23(9-3)21-41)31(35(29)19-26(36)30(28)47-35)33(44)39(18-8-2)25-16-14-24(15-17-25)38(10-4)11-5/h7-8,14-17,22-23,26,28-31,41H,1-2,9-13,18-21H2,3-6H3,(H,37,42)/t22-,23+,26?,28-,29+,30-,31-,35+/m1/s1. The van der Waals surface area contributed by atoms with Crippen molar-refractivity contribution in [2.24, 2.45) is 11.8 Å². The number of carbonyl (C=O) groups is 4. The number of amides is 3. The van der Waals surface area contributed by atoms with Gasteiger partial charge in [-0.25, -0.2) is 0 Å². The molecule has 0 saturated carbocycles. The third-order valence-electron chi connectivity index (χ3n) is 9.66. The van der Waals surface area contributed by atoms with Crippen LogP contribution >= 0.6 is 15.9 Å². The fraction of sp³-hybridized carbons (Fsp3) is 0.600. The number of ether oxygens (including phenoxy) is 2. The van der Waals surface area contributed by atoms with Gasteiger partial charge in [-0.1, -0.05) is 35.0 Å². The third-order valence-corrected chi connectivity index (χ3v) is 10.5. The molecule has 1 aromatic rings. The van der Waals surface area contributed by atoms with Gasteiger partial charge in [-0.05, 0) is 64.3 Å². The van der Waals surface area contributed by atoms with Crippen molar-refractivity contribution in [1.82, 2.24) is 10.2 Å². The van der Waals surface area contributed by atoms with E-state index in [2.05, 4.69) is 53.2 Å². The largest absolute Gasteiger partial charge is 0.460 e. The van der Waals surface area contributed by atoms with E-state index in [0.29, 0.717) is 24.9 Å². The summed E-state index contributed by atoms with van der Waals surface area (Å²) in [4.78, 5) is 60.0. The van der Waals surface area contributed by atoms with Crippen LogP contribution in [-0.4, -0.2) is 101 Å². The molecule has 3 saturated heterocycles. The molecule has 1 aromatic carbocycles. The first kappa shape index (κ1) is 36.6. The smallest absolute Gasteiger partial charge is 0.312 e. The minimum absolute atomic E-state index is 0.112. The second-order valence-electron chi connectivity index (χ2n) is 12.5. The molecule has 3 aliphatic rings. The first-order valence-corrected chi connectivity index (χ1v) is 17.5. The summed E-state index contributed by atoms with van der Waals surface area (Å²) >= 11 is 3.69. The highest BCUT2D eigenvalue weighted by Crippen LogP contribution is 2.61. The van der Waals surface area contributed by atoms with Gasteiger partial charge in [-0.15, -0.1) is 13.2 Å². The number of likely N-dealkylation sites (tertiary alicyclic amines) is 1. The lowest BCUT2D eigenvalue weighted by molar-refractivity contribution is -0.159. The number of nitrogens with one attached hydrogen (secondary N) is 1. The maximum Gasteiger partial charge on any atom is 0.312 e. The molecule has 3 heterocycles. The van der Waals surface area contributed by atoms with Crippen LogP contribution < -0.4 is 15.1 Å². The summed E-state index contributed by atoms with van der Waals surface area (Å²) < 4.78 is 12.4. The summed E-state index contributed by atoms with van der Waals surface area (Å²) in [6.45, 7) is 16.8. The van der Waals surface area contributed by atoms with Crippen LogP contribution in [0.1, 0.15) is 53.4 Å². The Balaban J connectivity index is 1.67. The van der Waals surface area contributed by atoms with Crippen LogP contribution in [-0.2, 0) is 28.7 Å². The average Bonchev–Trinajstić information content (AvgIpc) is 3.66. The summed E-state index contributed by atoms with van der Waals surface area (Å²) in [5, 5.41) is 13.2. The fourth-order valence-corrected chi connectivity index (χ4v) is 8.30. The molecule has 8 atom stereocenters. The number of hydrogen-bond donors (Lipinski definition) is 2. The van der Waals surface area contributed by atoms with Crippen molar-refractivity contribution in [3.8, 4) is 0 Å². The quantitative estimate of drug-likeness (QED) is 0.142. The highest BCUT2D eigenvalue weighted by atomic mass is 79.9. The lowest BCUT2D eigenvalue weighted by Gasteiger charge is -2.39. The van der Waals surface area contributed by atoms with Crippen molar-refractivity contribution in [3.63, 3.8) is 0 Å². The van der Waals surface area contributed by atoms with E-state index in [9.17, 15) is 24.3 Å². The van der Waals surface area contributed by atoms with Crippen LogP contribution in [0.5, 0.6) is 0 Å². The molecular formula is C35H49BrN4O7. The fourth-order valence-electron chi connectivity index (χ4n) is 7.35. The number of allylic oxidation sites excluding steroid dienone is 1. The summed E-state index contributed by atoms with van der Waals surface area (Å²) in [5.41, 5.74) is 0.347. The summed E-state index contributed by atoms with van der Waals surface area (Å²) in [6.07, 6.45) is 3.47.